The van der Waals surface area contributed by atoms with Gasteiger partial charge < -0.3 is 20.4 Å². The van der Waals surface area contributed by atoms with Crippen LogP contribution in [0.2, 0.25) is 0 Å². The molecule has 1 saturated heterocycles. The predicted octanol–water partition coefficient (Wildman–Crippen LogP) is -0.350. The van der Waals surface area contributed by atoms with Crippen molar-refractivity contribution in [2.75, 3.05) is 26.7 Å². The first kappa shape index (κ1) is 16.2. The summed E-state index contributed by atoms with van der Waals surface area (Å²) >= 11 is 0. The number of urea groups is 1. The van der Waals surface area contributed by atoms with E-state index in [4.69, 9.17) is 10.2 Å². The Morgan fingerprint density at radius 1 is 1.25 bits per heavy atom. The minimum atomic E-state index is -1.41. The van der Waals surface area contributed by atoms with E-state index in [1.807, 2.05) is 20.9 Å². The van der Waals surface area contributed by atoms with Gasteiger partial charge in [0.2, 0.25) is 0 Å². The monoisotopic (exact) mass is 287 g/mol. The number of aliphatic carboxylic acids is 2. The summed E-state index contributed by atoms with van der Waals surface area (Å²) in [6.07, 6.45) is -0.641. The maximum Gasteiger partial charge on any atom is 0.326 e. The number of nitrogens with zero attached hydrogens (tertiary/aromatic N) is 2. The van der Waals surface area contributed by atoms with Crippen molar-refractivity contribution in [3.8, 4) is 0 Å². The highest BCUT2D eigenvalue weighted by Gasteiger charge is 2.34. The highest BCUT2D eigenvalue weighted by Crippen LogP contribution is 2.18. The SMILES string of the molecule is CN1CCN(C(=O)NC(CC(=O)O)C(=O)O)CC1(C)C. The number of carbonyl (C=O) groups is 3. The van der Waals surface area contributed by atoms with Gasteiger partial charge in [-0.15, -0.1) is 0 Å². The molecule has 0 aromatic heterocycles. The minimum absolute atomic E-state index is 0.207. The molecular formula is C12H21N3O5. The standard InChI is InChI=1S/C12H21N3O5/c1-12(2)7-15(5-4-14(12)3)11(20)13-8(10(18)19)6-9(16)17/h8H,4-7H2,1-3H3,(H,13,20)(H,16,17)(H,18,19). The third kappa shape index (κ3) is 4.09. The second-order valence-corrected chi connectivity index (χ2v) is 5.59. The van der Waals surface area contributed by atoms with Crippen LogP contribution >= 0.6 is 0 Å². The second-order valence-electron chi connectivity index (χ2n) is 5.59. The van der Waals surface area contributed by atoms with Crippen molar-refractivity contribution < 1.29 is 24.6 Å². The number of nitrogens with one attached hydrogen (secondary N) is 1. The Labute approximate surface area is 117 Å². The van der Waals surface area contributed by atoms with Gasteiger partial charge in [0, 0.05) is 25.2 Å². The molecule has 1 aliphatic heterocycles. The molecule has 8 nitrogen and oxygen atoms in total. The molecule has 0 bridgehead atoms. The Bertz CT molecular complexity index is 410. The Kier molecular flexibility index (Phi) is 4.93. The van der Waals surface area contributed by atoms with Crippen LogP contribution in [0.5, 0.6) is 0 Å². The van der Waals surface area contributed by atoms with E-state index in [0.29, 0.717) is 19.6 Å². The summed E-state index contributed by atoms with van der Waals surface area (Å²) in [6, 6.07) is -1.96. The largest absolute Gasteiger partial charge is 0.481 e. The van der Waals surface area contributed by atoms with Gasteiger partial charge in [0.05, 0.1) is 6.42 Å². The van der Waals surface area contributed by atoms with Gasteiger partial charge in [0.25, 0.3) is 0 Å². The van der Waals surface area contributed by atoms with E-state index in [2.05, 4.69) is 10.2 Å². The lowest BCUT2D eigenvalue weighted by molar-refractivity contribution is -0.145. The van der Waals surface area contributed by atoms with Gasteiger partial charge >= 0.3 is 18.0 Å². The van der Waals surface area contributed by atoms with E-state index in [9.17, 15) is 14.4 Å². The summed E-state index contributed by atoms with van der Waals surface area (Å²) in [6.45, 7) is 5.58. The van der Waals surface area contributed by atoms with Crippen LogP contribution in [0.25, 0.3) is 0 Å². The van der Waals surface area contributed by atoms with Gasteiger partial charge in [-0.05, 0) is 20.9 Å². The number of carbonyl (C=O) groups excluding carboxylic acids is 1. The summed E-state index contributed by atoms with van der Waals surface area (Å²) in [5.74, 6) is -2.62. The minimum Gasteiger partial charge on any atom is -0.481 e. The molecule has 20 heavy (non-hydrogen) atoms. The maximum absolute atomic E-state index is 12.0. The number of carboxylic acid groups (broad SMARTS) is 2. The van der Waals surface area contributed by atoms with E-state index in [1.165, 1.54) is 4.90 Å². The maximum atomic E-state index is 12.0. The van der Waals surface area contributed by atoms with Gasteiger partial charge in [-0.25, -0.2) is 9.59 Å². The highest BCUT2D eigenvalue weighted by molar-refractivity contribution is 5.86. The molecular weight excluding hydrogens is 266 g/mol. The number of rotatable bonds is 4. The van der Waals surface area contributed by atoms with Crippen LogP contribution in [0.15, 0.2) is 0 Å². The molecule has 0 radical (unpaired) electrons. The fourth-order valence-electron chi connectivity index (χ4n) is 2.03. The summed E-state index contributed by atoms with van der Waals surface area (Å²) in [7, 11) is 1.96. The summed E-state index contributed by atoms with van der Waals surface area (Å²) in [5.41, 5.74) is -0.207. The summed E-state index contributed by atoms with van der Waals surface area (Å²) < 4.78 is 0. The number of hydrogen-bond donors (Lipinski definition) is 3. The zero-order valence-corrected chi connectivity index (χ0v) is 11.9. The third-order valence-corrected chi connectivity index (χ3v) is 3.58. The normalized spacial score (nSPS) is 20.2. The van der Waals surface area contributed by atoms with E-state index in [-0.39, 0.29) is 5.54 Å². The highest BCUT2D eigenvalue weighted by atomic mass is 16.4. The molecule has 1 fully saturated rings. The number of hydrogen-bond acceptors (Lipinski definition) is 4. The summed E-state index contributed by atoms with van der Waals surface area (Å²) in [5, 5.41) is 19.8. The lowest BCUT2D eigenvalue weighted by Crippen LogP contribution is -2.61. The second kappa shape index (κ2) is 6.08. The molecule has 0 aromatic carbocycles. The zero-order chi connectivity index (χ0) is 15.5. The first-order valence-corrected chi connectivity index (χ1v) is 6.35. The van der Waals surface area contributed by atoms with E-state index >= 15 is 0 Å². The molecule has 114 valence electrons. The van der Waals surface area contributed by atoms with Crippen LogP contribution in [-0.4, -0.2) is 76.2 Å². The van der Waals surface area contributed by atoms with Crippen molar-refractivity contribution in [1.82, 2.24) is 15.1 Å². The molecule has 2 amide bonds. The van der Waals surface area contributed by atoms with E-state index < -0.39 is 30.4 Å². The lowest BCUT2D eigenvalue weighted by atomic mass is 10.00. The molecule has 0 aliphatic carbocycles. The Balaban J connectivity index is 2.65. The van der Waals surface area contributed by atoms with Crippen LogP contribution in [-0.2, 0) is 9.59 Å². The third-order valence-electron chi connectivity index (χ3n) is 3.58. The summed E-state index contributed by atoms with van der Waals surface area (Å²) in [4.78, 5) is 37.2. The number of carboxylic acids is 2. The Hall–Kier alpha value is -1.83. The molecule has 0 saturated carbocycles. The van der Waals surface area contributed by atoms with Crippen LogP contribution in [0.1, 0.15) is 20.3 Å². The van der Waals surface area contributed by atoms with Gasteiger partial charge in [0.1, 0.15) is 6.04 Å². The van der Waals surface area contributed by atoms with Crippen molar-refractivity contribution in [3.63, 3.8) is 0 Å². The van der Waals surface area contributed by atoms with E-state index in [1.54, 1.807) is 0 Å². The average molecular weight is 287 g/mol. The molecule has 1 unspecified atom stereocenters. The fraction of sp³-hybridized carbons (Fsp3) is 0.750. The smallest absolute Gasteiger partial charge is 0.326 e. The van der Waals surface area contributed by atoms with Crippen LogP contribution in [0, 0.1) is 0 Å². The molecule has 1 rings (SSSR count). The van der Waals surface area contributed by atoms with Crippen LogP contribution in [0.3, 0.4) is 0 Å². The topological polar surface area (TPSA) is 110 Å². The predicted molar refractivity (Wildman–Crippen MR) is 70.5 cm³/mol. The number of likely N-dealkylation sites (N-methyl/N-ethyl adjacent to an activating group) is 1. The van der Waals surface area contributed by atoms with Crippen molar-refractivity contribution >= 4 is 18.0 Å². The number of piperazine rings is 1. The Morgan fingerprint density at radius 2 is 1.85 bits per heavy atom. The fourth-order valence-corrected chi connectivity index (χ4v) is 2.03. The quantitative estimate of drug-likeness (QED) is 0.652. The molecule has 0 aromatic rings. The average Bonchev–Trinajstić information content (AvgIpc) is 2.30. The van der Waals surface area contributed by atoms with Gasteiger partial charge in [-0.2, -0.15) is 0 Å². The Morgan fingerprint density at radius 3 is 2.30 bits per heavy atom. The van der Waals surface area contributed by atoms with Crippen molar-refractivity contribution in [1.29, 1.82) is 0 Å². The van der Waals surface area contributed by atoms with Gasteiger partial charge in [0.15, 0.2) is 0 Å². The van der Waals surface area contributed by atoms with Crippen molar-refractivity contribution in [3.05, 3.63) is 0 Å². The first-order chi connectivity index (χ1) is 9.13. The molecule has 0 spiro atoms. The molecule has 1 heterocycles. The molecule has 1 aliphatic rings. The van der Waals surface area contributed by atoms with Crippen molar-refractivity contribution in [2.45, 2.75) is 31.8 Å². The molecule has 3 N–H and O–H groups in total. The zero-order valence-electron chi connectivity index (χ0n) is 11.9. The van der Waals surface area contributed by atoms with Crippen LogP contribution < -0.4 is 5.32 Å². The van der Waals surface area contributed by atoms with Gasteiger partial charge in [-0.1, -0.05) is 0 Å². The van der Waals surface area contributed by atoms with Gasteiger partial charge in [-0.3, -0.25) is 9.69 Å². The molecule has 8 heteroatoms. The first-order valence-electron chi connectivity index (χ1n) is 6.35. The number of amides is 2. The van der Waals surface area contributed by atoms with E-state index in [0.717, 1.165) is 0 Å². The molecule has 1 atom stereocenters. The lowest BCUT2D eigenvalue weighted by Gasteiger charge is -2.45. The van der Waals surface area contributed by atoms with Crippen LogP contribution in [0.4, 0.5) is 4.79 Å². The van der Waals surface area contributed by atoms with Crippen molar-refractivity contribution in [2.24, 2.45) is 0 Å².